The Morgan fingerprint density at radius 3 is 2.14 bits per heavy atom. The highest BCUT2D eigenvalue weighted by Gasteiger charge is 2.05. The Labute approximate surface area is 177 Å². The summed E-state index contributed by atoms with van der Waals surface area (Å²) in [5.74, 6) is 2.21. The van der Waals surface area contributed by atoms with Crippen molar-refractivity contribution in [2.75, 3.05) is 13.7 Å². The molecule has 5 nitrogen and oxygen atoms in total. The van der Waals surface area contributed by atoms with Crippen LogP contribution < -0.4 is 20.5 Å². The molecule has 0 saturated heterocycles. The van der Waals surface area contributed by atoms with Gasteiger partial charge in [-0.1, -0.05) is 24.3 Å². The van der Waals surface area contributed by atoms with E-state index in [0.717, 1.165) is 34.8 Å². The van der Waals surface area contributed by atoms with Gasteiger partial charge in [-0.25, -0.2) is 0 Å². The van der Waals surface area contributed by atoms with Crippen LogP contribution in [0.4, 0.5) is 0 Å². The molecule has 0 spiro atoms. The number of amides is 1. The molecule has 0 aliphatic rings. The maximum atomic E-state index is 12.2. The van der Waals surface area contributed by atoms with E-state index in [-0.39, 0.29) is 18.3 Å². The van der Waals surface area contributed by atoms with Gasteiger partial charge in [-0.05, 0) is 66.1 Å². The lowest BCUT2D eigenvalue weighted by molar-refractivity contribution is 0.0954. The molecular formula is C23H25ClN2O3. The van der Waals surface area contributed by atoms with Crippen LogP contribution in [0.1, 0.15) is 21.5 Å². The lowest BCUT2D eigenvalue weighted by atomic mass is 10.1. The molecule has 0 aromatic heterocycles. The van der Waals surface area contributed by atoms with E-state index in [1.165, 1.54) is 0 Å². The summed E-state index contributed by atoms with van der Waals surface area (Å²) in [7, 11) is 1.63. The molecule has 0 heterocycles. The first-order chi connectivity index (χ1) is 13.7. The topological polar surface area (TPSA) is 73.6 Å². The van der Waals surface area contributed by atoms with Gasteiger partial charge in [0.05, 0.1) is 7.11 Å². The summed E-state index contributed by atoms with van der Waals surface area (Å²) in [4.78, 5) is 12.2. The van der Waals surface area contributed by atoms with Crippen LogP contribution in [0.25, 0.3) is 0 Å². The maximum Gasteiger partial charge on any atom is 0.251 e. The van der Waals surface area contributed by atoms with E-state index >= 15 is 0 Å². The molecule has 0 fully saturated rings. The van der Waals surface area contributed by atoms with Crippen LogP contribution in [-0.4, -0.2) is 19.6 Å². The molecule has 0 saturated carbocycles. The molecule has 29 heavy (non-hydrogen) atoms. The molecule has 1 amide bonds. The van der Waals surface area contributed by atoms with Crippen molar-refractivity contribution in [2.24, 2.45) is 5.73 Å². The summed E-state index contributed by atoms with van der Waals surface area (Å²) in [5.41, 5.74) is 8.32. The quantitative estimate of drug-likeness (QED) is 0.577. The summed E-state index contributed by atoms with van der Waals surface area (Å²) < 4.78 is 11.0. The monoisotopic (exact) mass is 412 g/mol. The standard InChI is InChI=1S/C23H24N2O3.ClH/c1-27-20-9-11-22(12-10-20)28-21-7-5-17(6-8-21)13-14-25-23(26)19-4-2-3-18(15-19)16-24;/h2-12,15H,13-14,16,24H2,1H3,(H,25,26);1H. The Balaban J connectivity index is 0.00000300. The molecule has 3 aromatic rings. The van der Waals surface area contributed by atoms with Crippen molar-refractivity contribution in [2.45, 2.75) is 13.0 Å². The SMILES string of the molecule is COc1ccc(Oc2ccc(CCNC(=O)c3cccc(CN)c3)cc2)cc1.Cl. The second-order valence-electron chi connectivity index (χ2n) is 6.33. The molecule has 0 aliphatic carbocycles. The second-order valence-corrected chi connectivity index (χ2v) is 6.33. The van der Waals surface area contributed by atoms with E-state index in [0.29, 0.717) is 18.7 Å². The van der Waals surface area contributed by atoms with Crippen LogP contribution in [0.3, 0.4) is 0 Å². The fourth-order valence-electron chi connectivity index (χ4n) is 2.77. The molecule has 3 N–H and O–H groups in total. The highest BCUT2D eigenvalue weighted by Crippen LogP contribution is 2.24. The Morgan fingerprint density at radius 2 is 1.52 bits per heavy atom. The van der Waals surface area contributed by atoms with Crippen LogP contribution in [0.5, 0.6) is 17.2 Å². The highest BCUT2D eigenvalue weighted by atomic mass is 35.5. The van der Waals surface area contributed by atoms with E-state index in [2.05, 4.69) is 5.32 Å². The van der Waals surface area contributed by atoms with Gasteiger partial charge in [-0.3, -0.25) is 4.79 Å². The average Bonchev–Trinajstić information content (AvgIpc) is 2.75. The van der Waals surface area contributed by atoms with Gasteiger partial charge in [0.25, 0.3) is 5.91 Å². The smallest absolute Gasteiger partial charge is 0.251 e. The van der Waals surface area contributed by atoms with Crippen LogP contribution in [0, 0.1) is 0 Å². The second kappa shape index (κ2) is 11.1. The third-order valence-electron chi connectivity index (χ3n) is 4.34. The zero-order valence-electron chi connectivity index (χ0n) is 16.3. The minimum atomic E-state index is -0.0882. The number of hydrogen-bond donors (Lipinski definition) is 2. The van der Waals surface area contributed by atoms with Gasteiger partial charge in [0.1, 0.15) is 17.2 Å². The molecule has 0 atom stereocenters. The molecular weight excluding hydrogens is 388 g/mol. The van der Waals surface area contributed by atoms with Crippen LogP contribution in [-0.2, 0) is 13.0 Å². The summed E-state index contributed by atoms with van der Waals surface area (Å²) in [6.07, 6.45) is 0.741. The average molecular weight is 413 g/mol. The molecule has 0 radical (unpaired) electrons. The molecule has 152 valence electrons. The fourth-order valence-corrected chi connectivity index (χ4v) is 2.77. The zero-order valence-corrected chi connectivity index (χ0v) is 17.1. The minimum absolute atomic E-state index is 0. The molecule has 3 rings (SSSR count). The number of ether oxygens (including phenoxy) is 2. The Kier molecular flexibility index (Phi) is 8.52. The number of nitrogens with one attached hydrogen (secondary N) is 1. The summed E-state index contributed by atoms with van der Waals surface area (Å²) in [6.45, 7) is 0.983. The van der Waals surface area contributed by atoms with Gasteiger partial charge in [0, 0.05) is 18.7 Å². The number of carbonyl (C=O) groups is 1. The van der Waals surface area contributed by atoms with Crippen molar-refractivity contribution in [3.8, 4) is 17.2 Å². The number of methoxy groups -OCH3 is 1. The van der Waals surface area contributed by atoms with Gasteiger partial charge in [0.2, 0.25) is 0 Å². The lowest BCUT2D eigenvalue weighted by Gasteiger charge is -2.09. The van der Waals surface area contributed by atoms with Crippen molar-refractivity contribution in [1.82, 2.24) is 5.32 Å². The Bertz CT molecular complexity index is 912. The van der Waals surface area contributed by atoms with Crippen molar-refractivity contribution in [3.05, 3.63) is 89.5 Å². The molecule has 3 aromatic carbocycles. The highest BCUT2D eigenvalue weighted by molar-refractivity contribution is 5.94. The first kappa shape index (κ1) is 22.3. The van der Waals surface area contributed by atoms with Crippen molar-refractivity contribution >= 4 is 18.3 Å². The molecule has 0 unspecified atom stereocenters. The fraction of sp³-hybridized carbons (Fsp3) is 0.174. The number of carbonyl (C=O) groups excluding carboxylic acids is 1. The Hall–Kier alpha value is -3.02. The van der Waals surface area contributed by atoms with Crippen molar-refractivity contribution < 1.29 is 14.3 Å². The number of benzene rings is 3. The summed E-state index contributed by atoms with van der Waals surface area (Å²) in [6, 6.07) is 22.7. The lowest BCUT2D eigenvalue weighted by Crippen LogP contribution is -2.25. The van der Waals surface area contributed by atoms with E-state index in [1.807, 2.05) is 66.7 Å². The first-order valence-electron chi connectivity index (χ1n) is 9.16. The van der Waals surface area contributed by atoms with Gasteiger partial charge in [-0.15, -0.1) is 12.4 Å². The van der Waals surface area contributed by atoms with Gasteiger partial charge >= 0.3 is 0 Å². The first-order valence-corrected chi connectivity index (χ1v) is 9.16. The normalized spacial score (nSPS) is 10.0. The van der Waals surface area contributed by atoms with Crippen molar-refractivity contribution in [1.29, 1.82) is 0 Å². The molecule has 6 heteroatoms. The maximum absolute atomic E-state index is 12.2. The largest absolute Gasteiger partial charge is 0.497 e. The van der Waals surface area contributed by atoms with Crippen LogP contribution in [0.15, 0.2) is 72.8 Å². The van der Waals surface area contributed by atoms with E-state index < -0.39 is 0 Å². The zero-order chi connectivity index (χ0) is 19.8. The van der Waals surface area contributed by atoms with Crippen molar-refractivity contribution in [3.63, 3.8) is 0 Å². The predicted molar refractivity (Wildman–Crippen MR) is 117 cm³/mol. The van der Waals surface area contributed by atoms with E-state index in [4.69, 9.17) is 15.2 Å². The number of nitrogens with two attached hydrogens (primary N) is 1. The number of hydrogen-bond acceptors (Lipinski definition) is 4. The minimum Gasteiger partial charge on any atom is -0.497 e. The Morgan fingerprint density at radius 1 is 0.897 bits per heavy atom. The van der Waals surface area contributed by atoms with E-state index in [9.17, 15) is 4.79 Å². The third kappa shape index (κ3) is 6.52. The van der Waals surface area contributed by atoms with E-state index in [1.54, 1.807) is 13.2 Å². The molecule has 0 bridgehead atoms. The molecule has 0 aliphatic heterocycles. The van der Waals surface area contributed by atoms with Crippen LogP contribution >= 0.6 is 12.4 Å². The summed E-state index contributed by atoms with van der Waals surface area (Å²) in [5, 5.41) is 2.94. The van der Waals surface area contributed by atoms with Gasteiger partial charge in [0.15, 0.2) is 0 Å². The number of rotatable bonds is 8. The number of halogens is 1. The van der Waals surface area contributed by atoms with Gasteiger partial charge in [-0.2, -0.15) is 0 Å². The van der Waals surface area contributed by atoms with Crippen LogP contribution in [0.2, 0.25) is 0 Å². The van der Waals surface area contributed by atoms with Gasteiger partial charge < -0.3 is 20.5 Å². The summed E-state index contributed by atoms with van der Waals surface area (Å²) >= 11 is 0. The predicted octanol–water partition coefficient (Wildman–Crippen LogP) is 4.34. The third-order valence-corrected chi connectivity index (χ3v) is 4.34.